The van der Waals surface area contributed by atoms with E-state index in [1.54, 1.807) is 12.4 Å². The van der Waals surface area contributed by atoms with E-state index in [2.05, 4.69) is 26.7 Å². The molecule has 0 bridgehead atoms. The summed E-state index contributed by atoms with van der Waals surface area (Å²) in [6, 6.07) is 7.89. The second-order valence-electron chi connectivity index (χ2n) is 5.65. The first kappa shape index (κ1) is 14.7. The van der Waals surface area contributed by atoms with E-state index in [9.17, 15) is 4.79 Å². The molecule has 22 heavy (non-hydrogen) atoms. The van der Waals surface area contributed by atoms with Crippen molar-refractivity contribution in [1.82, 2.24) is 20.6 Å². The highest BCUT2D eigenvalue weighted by atomic mass is 16.1. The molecule has 0 saturated carbocycles. The van der Waals surface area contributed by atoms with Crippen molar-refractivity contribution >= 4 is 5.91 Å². The molecular formula is C17H20N4O. The van der Waals surface area contributed by atoms with Crippen LogP contribution in [0.3, 0.4) is 0 Å². The van der Waals surface area contributed by atoms with Gasteiger partial charge in [-0.3, -0.25) is 14.8 Å². The molecule has 3 rings (SSSR count). The van der Waals surface area contributed by atoms with Crippen LogP contribution in [0.25, 0.3) is 0 Å². The number of carbonyl (C=O) groups is 1. The third-order valence-electron chi connectivity index (χ3n) is 3.95. The summed E-state index contributed by atoms with van der Waals surface area (Å²) in [7, 11) is 0. The smallest absolute Gasteiger partial charge is 0.251 e. The predicted octanol–water partition coefficient (Wildman–Crippen LogP) is 1.79. The van der Waals surface area contributed by atoms with Crippen molar-refractivity contribution in [3.63, 3.8) is 0 Å². The lowest BCUT2D eigenvalue weighted by Gasteiger charge is -2.11. The highest BCUT2D eigenvalue weighted by Gasteiger charge is 2.17. The normalized spacial score (nSPS) is 17.4. The summed E-state index contributed by atoms with van der Waals surface area (Å²) in [6.07, 6.45) is 4.52. The zero-order valence-electron chi connectivity index (χ0n) is 12.7. The van der Waals surface area contributed by atoms with Crippen LogP contribution >= 0.6 is 0 Å². The van der Waals surface area contributed by atoms with Gasteiger partial charge in [0.25, 0.3) is 5.91 Å². The molecule has 1 atom stereocenters. The van der Waals surface area contributed by atoms with Crippen molar-refractivity contribution < 1.29 is 4.79 Å². The lowest BCUT2D eigenvalue weighted by molar-refractivity contribution is 0.0950. The van der Waals surface area contributed by atoms with Gasteiger partial charge >= 0.3 is 0 Å². The van der Waals surface area contributed by atoms with E-state index >= 15 is 0 Å². The molecule has 1 aromatic heterocycles. The molecule has 1 fully saturated rings. The molecule has 5 heteroatoms. The van der Waals surface area contributed by atoms with Crippen LogP contribution in [0, 0.1) is 6.92 Å². The number of aromatic nitrogens is 2. The van der Waals surface area contributed by atoms with Gasteiger partial charge in [0.2, 0.25) is 0 Å². The Morgan fingerprint density at radius 1 is 1.36 bits per heavy atom. The molecular weight excluding hydrogens is 276 g/mol. The Morgan fingerprint density at radius 2 is 2.27 bits per heavy atom. The van der Waals surface area contributed by atoms with Crippen molar-refractivity contribution in [3.8, 4) is 0 Å². The quantitative estimate of drug-likeness (QED) is 0.903. The summed E-state index contributed by atoms with van der Waals surface area (Å²) in [6.45, 7) is 4.32. The molecule has 1 aromatic carbocycles. The number of benzene rings is 1. The van der Waals surface area contributed by atoms with Crippen LogP contribution in [0.2, 0.25) is 0 Å². The second kappa shape index (κ2) is 6.66. The van der Waals surface area contributed by atoms with Crippen LogP contribution < -0.4 is 10.6 Å². The standard InChI is InChI=1S/C17H20N4O/c1-12-8-20-16(10-19-12)11-21-17(22)14-4-2-3-13(7-14)15-5-6-18-9-15/h2-4,7-8,10,15,18H,5-6,9,11H2,1H3,(H,21,22). The fraction of sp³-hybridized carbons (Fsp3) is 0.353. The summed E-state index contributed by atoms with van der Waals surface area (Å²) >= 11 is 0. The molecule has 1 aliphatic rings. The van der Waals surface area contributed by atoms with Crippen LogP contribution in [-0.4, -0.2) is 29.0 Å². The molecule has 1 saturated heterocycles. The number of amides is 1. The second-order valence-corrected chi connectivity index (χ2v) is 5.65. The Labute approximate surface area is 130 Å². The first-order chi connectivity index (χ1) is 10.7. The Bertz CT molecular complexity index is 648. The van der Waals surface area contributed by atoms with Crippen molar-refractivity contribution in [2.75, 3.05) is 13.1 Å². The van der Waals surface area contributed by atoms with Crippen molar-refractivity contribution in [2.45, 2.75) is 25.8 Å². The molecule has 5 nitrogen and oxygen atoms in total. The van der Waals surface area contributed by atoms with Crippen LogP contribution in [0.1, 0.15) is 39.6 Å². The SMILES string of the molecule is Cc1cnc(CNC(=O)c2cccc(C3CCNC3)c2)cn1. The summed E-state index contributed by atoms with van der Waals surface area (Å²) in [5, 5.41) is 6.25. The van der Waals surface area contributed by atoms with Crippen LogP contribution in [-0.2, 0) is 6.54 Å². The van der Waals surface area contributed by atoms with E-state index in [1.165, 1.54) is 5.56 Å². The molecule has 2 heterocycles. The summed E-state index contributed by atoms with van der Waals surface area (Å²) in [5.74, 6) is 0.436. The number of aryl methyl sites for hydroxylation is 1. The highest BCUT2D eigenvalue weighted by Crippen LogP contribution is 2.22. The molecule has 2 aromatic rings. The number of hydrogen-bond acceptors (Lipinski definition) is 4. The molecule has 1 unspecified atom stereocenters. The first-order valence-electron chi connectivity index (χ1n) is 7.59. The maximum Gasteiger partial charge on any atom is 0.251 e. The molecule has 0 radical (unpaired) electrons. The van der Waals surface area contributed by atoms with Gasteiger partial charge in [-0.1, -0.05) is 12.1 Å². The molecule has 0 aliphatic carbocycles. The third-order valence-corrected chi connectivity index (χ3v) is 3.95. The average molecular weight is 296 g/mol. The molecule has 0 spiro atoms. The van der Waals surface area contributed by atoms with Gasteiger partial charge in [-0.25, -0.2) is 0 Å². The Morgan fingerprint density at radius 3 is 3.00 bits per heavy atom. The highest BCUT2D eigenvalue weighted by molar-refractivity contribution is 5.94. The van der Waals surface area contributed by atoms with E-state index in [0.717, 1.165) is 30.9 Å². The van der Waals surface area contributed by atoms with Gasteiger partial charge in [0, 0.05) is 18.3 Å². The van der Waals surface area contributed by atoms with E-state index in [4.69, 9.17) is 0 Å². The van der Waals surface area contributed by atoms with Crippen LogP contribution in [0.15, 0.2) is 36.7 Å². The largest absolute Gasteiger partial charge is 0.346 e. The fourth-order valence-electron chi connectivity index (χ4n) is 2.66. The van der Waals surface area contributed by atoms with E-state index in [-0.39, 0.29) is 5.91 Å². The average Bonchev–Trinajstić information content (AvgIpc) is 3.09. The number of nitrogens with one attached hydrogen (secondary N) is 2. The Kier molecular flexibility index (Phi) is 4.44. The van der Waals surface area contributed by atoms with Crippen LogP contribution in [0.5, 0.6) is 0 Å². The van der Waals surface area contributed by atoms with Gasteiger partial charge in [-0.2, -0.15) is 0 Å². The minimum absolute atomic E-state index is 0.0739. The monoisotopic (exact) mass is 296 g/mol. The van der Waals surface area contributed by atoms with Crippen molar-refractivity contribution in [3.05, 3.63) is 59.2 Å². The minimum Gasteiger partial charge on any atom is -0.346 e. The molecule has 1 amide bonds. The topological polar surface area (TPSA) is 66.9 Å². The van der Waals surface area contributed by atoms with E-state index in [1.807, 2.05) is 25.1 Å². The number of nitrogens with zero attached hydrogens (tertiary/aromatic N) is 2. The maximum atomic E-state index is 12.3. The van der Waals surface area contributed by atoms with Gasteiger partial charge < -0.3 is 10.6 Å². The summed E-state index contributed by atoms with van der Waals surface area (Å²) < 4.78 is 0. The zero-order valence-corrected chi connectivity index (χ0v) is 12.7. The number of carbonyl (C=O) groups excluding carboxylic acids is 1. The lowest BCUT2D eigenvalue weighted by Crippen LogP contribution is -2.23. The minimum atomic E-state index is -0.0739. The first-order valence-corrected chi connectivity index (χ1v) is 7.59. The van der Waals surface area contributed by atoms with Gasteiger partial charge in [0.1, 0.15) is 0 Å². The molecule has 1 aliphatic heterocycles. The summed E-state index contributed by atoms with van der Waals surface area (Å²) in [4.78, 5) is 20.7. The van der Waals surface area contributed by atoms with Gasteiger partial charge in [0.05, 0.1) is 24.1 Å². The molecule has 2 N–H and O–H groups in total. The Balaban J connectivity index is 1.64. The van der Waals surface area contributed by atoms with Crippen molar-refractivity contribution in [1.29, 1.82) is 0 Å². The Hall–Kier alpha value is -2.27. The van der Waals surface area contributed by atoms with E-state index in [0.29, 0.717) is 18.0 Å². The third kappa shape index (κ3) is 3.49. The van der Waals surface area contributed by atoms with Crippen LogP contribution in [0.4, 0.5) is 0 Å². The number of hydrogen-bond donors (Lipinski definition) is 2. The van der Waals surface area contributed by atoms with Gasteiger partial charge in [-0.15, -0.1) is 0 Å². The maximum absolute atomic E-state index is 12.3. The van der Waals surface area contributed by atoms with E-state index < -0.39 is 0 Å². The molecule has 114 valence electrons. The predicted molar refractivity (Wildman–Crippen MR) is 84.6 cm³/mol. The van der Waals surface area contributed by atoms with Crippen molar-refractivity contribution in [2.24, 2.45) is 0 Å². The van der Waals surface area contributed by atoms with Gasteiger partial charge in [0.15, 0.2) is 0 Å². The zero-order chi connectivity index (χ0) is 15.4. The lowest BCUT2D eigenvalue weighted by atomic mass is 9.96. The summed E-state index contributed by atoms with van der Waals surface area (Å²) in [5.41, 5.74) is 3.56. The fourth-order valence-corrected chi connectivity index (χ4v) is 2.66. The van der Waals surface area contributed by atoms with Gasteiger partial charge in [-0.05, 0) is 43.5 Å². The number of rotatable bonds is 4.